The molecule has 3 aromatic carbocycles. The number of amides is 3. The van der Waals surface area contributed by atoms with Crippen LogP contribution in [0.5, 0.6) is 5.75 Å². The van der Waals surface area contributed by atoms with Crippen molar-refractivity contribution in [3.8, 4) is 5.75 Å². The highest BCUT2D eigenvalue weighted by Crippen LogP contribution is 2.25. The van der Waals surface area contributed by atoms with Crippen molar-refractivity contribution in [2.75, 3.05) is 6.61 Å². The SMILES string of the molecule is C=CCOC(=O)[C@H](CC[C@@H](O)C[n+]1cc(O)c(C[C@H](NC(=O)OCc2ccccc2)C(=O)OC(C)(C)C)c(CC[C@H](NC(=O)OCc2ccccc2)C(=O)OC(C)(C)C)c1)NC(=O)OCc1ccccc1. The van der Waals surface area contributed by atoms with Gasteiger partial charge in [0.2, 0.25) is 6.20 Å². The highest BCUT2D eigenvalue weighted by atomic mass is 16.6. The number of aromatic hydroxyl groups is 1. The third-order valence-corrected chi connectivity index (χ3v) is 10.2. The molecule has 382 valence electrons. The maximum Gasteiger partial charge on any atom is 0.408 e. The van der Waals surface area contributed by atoms with Crippen molar-refractivity contribution < 1.29 is 72.0 Å². The Hall–Kier alpha value is -7.47. The minimum Gasteiger partial charge on any atom is -0.503 e. The average molecular weight is 984 g/mol. The summed E-state index contributed by atoms with van der Waals surface area (Å²) >= 11 is 0. The van der Waals surface area contributed by atoms with E-state index in [1.165, 1.54) is 16.8 Å². The minimum absolute atomic E-state index is 0.0472. The predicted molar refractivity (Wildman–Crippen MR) is 259 cm³/mol. The first kappa shape index (κ1) is 56.1. The number of hydrogen-bond acceptors (Lipinski definition) is 14. The Bertz CT molecular complexity index is 2370. The molecule has 0 fully saturated rings. The van der Waals surface area contributed by atoms with E-state index >= 15 is 0 Å². The van der Waals surface area contributed by atoms with Crippen molar-refractivity contribution in [1.82, 2.24) is 16.0 Å². The Labute approximate surface area is 414 Å². The van der Waals surface area contributed by atoms with Gasteiger partial charge in [0, 0.05) is 17.5 Å². The first-order valence-electron chi connectivity index (χ1n) is 23.2. The Morgan fingerprint density at radius 1 is 0.592 bits per heavy atom. The molecule has 0 bridgehead atoms. The summed E-state index contributed by atoms with van der Waals surface area (Å²) in [5.41, 5.74) is 0.716. The molecule has 0 aliphatic heterocycles. The molecule has 71 heavy (non-hydrogen) atoms. The third kappa shape index (κ3) is 21.4. The lowest BCUT2D eigenvalue weighted by Crippen LogP contribution is -2.46. The van der Waals surface area contributed by atoms with Gasteiger partial charge in [-0.25, -0.2) is 28.8 Å². The molecule has 0 saturated carbocycles. The van der Waals surface area contributed by atoms with Gasteiger partial charge in [0.25, 0.3) is 0 Å². The normalized spacial score (nSPS) is 12.9. The van der Waals surface area contributed by atoms with Gasteiger partial charge in [0.15, 0.2) is 18.5 Å². The van der Waals surface area contributed by atoms with Crippen LogP contribution >= 0.6 is 0 Å². The van der Waals surface area contributed by atoms with Crippen LogP contribution in [0.4, 0.5) is 14.4 Å². The van der Waals surface area contributed by atoms with E-state index in [0.717, 1.165) is 5.56 Å². The van der Waals surface area contributed by atoms with Gasteiger partial charge in [-0.3, -0.25) is 0 Å². The smallest absolute Gasteiger partial charge is 0.408 e. The summed E-state index contributed by atoms with van der Waals surface area (Å²) in [5, 5.41) is 30.8. The number of aromatic nitrogens is 1. The van der Waals surface area contributed by atoms with Crippen LogP contribution in [0.15, 0.2) is 116 Å². The molecule has 0 saturated heterocycles. The van der Waals surface area contributed by atoms with Crippen LogP contribution in [-0.4, -0.2) is 88.4 Å². The number of nitrogens with zero attached hydrogens (tertiary/aromatic N) is 1. The molecule has 18 heteroatoms. The third-order valence-electron chi connectivity index (χ3n) is 10.2. The van der Waals surface area contributed by atoms with Crippen LogP contribution in [0.1, 0.15) is 88.6 Å². The predicted octanol–water partition coefficient (Wildman–Crippen LogP) is 6.59. The van der Waals surface area contributed by atoms with Gasteiger partial charge in [-0.15, -0.1) is 0 Å². The van der Waals surface area contributed by atoms with Crippen molar-refractivity contribution in [1.29, 1.82) is 0 Å². The Kier molecular flexibility index (Phi) is 21.9. The Morgan fingerprint density at radius 2 is 1.01 bits per heavy atom. The molecule has 1 aromatic heterocycles. The number of alkyl carbamates (subject to hydrolysis) is 3. The molecule has 3 amide bonds. The molecule has 5 N–H and O–H groups in total. The van der Waals surface area contributed by atoms with E-state index in [1.54, 1.807) is 121 Å². The standard InChI is InChI=1S/C53H66N4O14/c1-8-28-66-46(60)42(54-49(63)67-33-36-18-12-9-13-19-36)27-25-40(58)31-57-30-39(24-26-43(47(61)70-52(2,3)4)55-50(64)68-34-37-20-14-10-15-21-37)41(45(59)32-57)29-44(48(62)71-53(5,6)7)56-51(65)69-35-38-22-16-11-17-23-38/h8-23,30,32,40,42-44,58H,1,24-29,31,33-35H2,2-7H3,(H3-,54,55,56,59,63,64,65)/p+1/t40-,42+,43+,44+/m1/s1. The van der Waals surface area contributed by atoms with E-state index in [1.807, 2.05) is 18.2 Å². The maximum absolute atomic E-state index is 13.8. The van der Waals surface area contributed by atoms with Gasteiger partial charge in [-0.05, 0) is 83.9 Å². The van der Waals surface area contributed by atoms with Crippen molar-refractivity contribution in [3.05, 3.63) is 144 Å². The molecule has 4 atom stereocenters. The van der Waals surface area contributed by atoms with Gasteiger partial charge >= 0.3 is 36.2 Å². The topological polar surface area (TPSA) is 238 Å². The van der Waals surface area contributed by atoms with Crippen LogP contribution < -0.4 is 20.5 Å². The highest BCUT2D eigenvalue weighted by Gasteiger charge is 2.33. The van der Waals surface area contributed by atoms with Crippen molar-refractivity contribution in [3.63, 3.8) is 0 Å². The quantitative estimate of drug-likeness (QED) is 0.0216. The number of rotatable bonds is 24. The minimum atomic E-state index is -1.40. The first-order valence-corrected chi connectivity index (χ1v) is 23.2. The lowest BCUT2D eigenvalue weighted by atomic mass is 9.96. The van der Waals surface area contributed by atoms with E-state index in [9.17, 15) is 39.0 Å². The van der Waals surface area contributed by atoms with Crippen molar-refractivity contribution in [2.45, 2.75) is 135 Å². The number of aliphatic hydroxyl groups excluding tert-OH is 1. The fourth-order valence-corrected chi connectivity index (χ4v) is 6.87. The maximum atomic E-state index is 13.8. The molecule has 0 aliphatic carbocycles. The Morgan fingerprint density at radius 3 is 1.45 bits per heavy atom. The van der Waals surface area contributed by atoms with Gasteiger partial charge in [0.05, 0.1) is 0 Å². The highest BCUT2D eigenvalue weighted by molar-refractivity contribution is 5.83. The van der Waals surface area contributed by atoms with Gasteiger partial charge < -0.3 is 54.6 Å². The van der Waals surface area contributed by atoms with Crippen molar-refractivity contribution >= 4 is 36.2 Å². The van der Waals surface area contributed by atoms with E-state index in [2.05, 4.69) is 22.5 Å². The van der Waals surface area contributed by atoms with Crippen LogP contribution in [0.2, 0.25) is 0 Å². The summed E-state index contributed by atoms with van der Waals surface area (Å²) in [7, 11) is 0. The zero-order valence-corrected chi connectivity index (χ0v) is 41.2. The zero-order chi connectivity index (χ0) is 52.0. The van der Waals surface area contributed by atoms with Crippen molar-refractivity contribution in [2.24, 2.45) is 0 Å². The summed E-state index contributed by atoms with van der Waals surface area (Å²) in [6.45, 7) is 13.0. The molecule has 0 spiro atoms. The van der Waals surface area contributed by atoms with Gasteiger partial charge in [0.1, 0.15) is 61.9 Å². The second-order valence-electron chi connectivity index (χ2n) is 18.6. The molecule has 0 radical (unpaired) electrons. The van der Waals surface area contributed by atoms with E-state index < -0.39 is 71.6 Å². The van der Waals surface area contributed by atoms with E-state index in [-0.39, 0.29) is 76.4 Å². The van der Waals surface area contributed by atoms with E-state index in [0.29, 0.717) is 16.7 Å². The number of hydrogen-bond donors (Lipinski definition) is 5. The first-order chi connectivity index (χ1) is 33.7. The molecule has 18 nitrogen and oxygen atoms in total. The summed E-state index contributed by atoms with van der Waals surface area (Å²) in [6.07, 6.45) is -0.260. The number of aliphatic hydroxyl groups is 1. The molecule has 0 aliphatic rings. The average Bonchev–Trinajstić information content (AvgIpc) is 3.31. The lowest BCUT2D eigenvalue weighted by molar-refractivity contribution is -0.704. The molecular formula is C53H67N4O14+. The lowest BCUT2D eigenvalue weighted by Gasteiger charge is -2.26. The molecule has 1 heterocycles. The number of aryl methyl sites for hydroxylation is 1. The second-order valence-corrected chi connectivity index (χ2v) is 18.6. The summed E-state index contributed by atoms with van der Waals surface area (Å²) in [4.78, 5) is 79.6. The van der Waals surface area contributed by atoms with Crippen LogP contribution in [0, 0.1) is 0 Å². The largest absolute Gasteiger partial charge is 0.503 e. The van der Waals surface area contributed by atoms with Gasteiger partial charge in [-0.2, -0.15) is 4.57 Å². The zero-order valence-electron chi connectivity index (χ0n) is 41.2. The number of pyridine rings is 1. The summed E-state index contributed by atoms with van der Waals surface area (Å²) < 4.78 is 34.2. The monoisotopic (exact) mass is 983 g/mol. The fourth-order valence-electron chi connectivity index (χ4n) is 6.87. The molecular weight excluding hydrogens is 917 g/mol. The van der Waals surface area contributed by atoms with Crippen LogP contribution in [0.25, 0.3) is 0 Å². The summed E-state index contributed by atoms with van der Waals surface area (Å²) in [5.74, 6) is -2.74. The molecule has 4 aromatic rings. The number of carbonyl (C=O) groups excluding carboxylic acids is 6. The molecule has 4 rings (SSSR count). The Balaban J connectivity index is 1.63. The van der Waals surface area contributed by atoms with E-state index in [4.69, 9.17) is 28.4 Å². The number of esters is 3. The van der Waals surface area contributed by atoms with Crippen LogP contribution in [-0.2, 0) is 82.0 Å². The number of ether oxygens (including phenoxy) is 6. The van der Waals surface area contributed by atoms with Crippen LogP contribution in [0.3, 0.4) is 0 Å². The second kappa shape index (κ2) is 27.7. The molecule has 0 unspecified atom stereocenters. The number of benzene rings is 3. The van der Waals surface area contributed by atoms with Gasteiger partial charge in [-0.1, -0.05) is 104 Å². The number of carbonyl (C=O) groups is 6. The fraction of sp³-hybridized carbons (Fsp3) is 0.415. The number of nitrogens with one attached hydrogen (secondary N) is 3. The summed E-state index contributed by atoms with van der Waals surface area (Å²) in [6, 6.07) is 22.9.